The molecule has 0 aliphatic rings. The van der Waals surface area contributed by atoms with E-state index in [9.17, 15) is 0 Å². The summed E-state index contributed by atoms with van der Waals surface area (Å²) in [5, 5.41) is 3.43. The van der Waals surface area contributed by atoms with Gasteiger partial charge in [-0.2, -0.15) is 10.0 Å². The summed E-state index contributed by atoms with van der Waals surface area (Å²) < 4.78 is 0. The Morgan fingerprint density at radius 1 is 1.15 bits per heavy atom. The van der Waals surface area contributed by atoms with E-state index in [-0.39, 0.29) is 5.41 Å². The average Bonchev–Trinajstić information content (AvgIpc) is 2.01. The summed E-state index contributed by atoms with van der Waals surface area (Å²) in [6.45, 7) is 6.76. The Hall–Kier alpha value is -0.0900. The van der Waals surface area contributed by atoms with Crippen LogP contribution in [0.2, 0.25) is 0 Å². The van der Waals surface area contributed by atoms with Crippen LogP contribution < -0.4 is 0 Å². The third-order valence-electron chi connectivity index (χ3n) is 2.24. The highest BCUT2D eigenvalue weighted by atomic mass is 32.3. The molecule has 0 rings (SSSR count). The summed E-state index contributed by atoms with van der Waals surface area (Å²) >= 11 is 0. The van der Waals surface area contributed by atoms with E-state index in [1.807, 2.05) is 0 Å². The molecule has 0 aliphatic carbocycles. The van der Waals surface area contributed by atoms with Gasteiger partial charge >= 0.3 is 0 Å². The molecule has 0 radical (unpaired) electrons. The molecule has 1 heteroatoms. The van der Waals surface area contributed by atoms with Gasteiger partial charge < -0.3 is 0 Å². The Morgan fingerprint density at radius 3 is 2.00 bits per heavy atom. The maximum atomic E-state index is 3.47. The number of rotatable bonds is 3. The van der Waals surface area contributed by atoms with Crippen molar-refractivity contribution in [1.29, 1.82) is 0 Å². The third kappa shape index (κ3) is 6.05. The van der Waals surface area contributed by atoms with Crippen LogP contribution in [0.5, 0.6) is 0 Å². The topological polar surface area (TPSA) is 0 Å². The number of hydrogen-bond acceptors (Lipinski definition) is 0. The second-order valence-corrected chi connectivity index (χ2v) is 8.61. The van der Waals surface area contributed by atoms with Crippen LogP contribution in [0.15, 0.2) is 0 Å². The molecule has 0 saturated carbocycles. The van der Waals surface area contributed by atoms with Crippen LogP contribution in [0.1, 0.15) is 40.0 Å². The molecule has 0 aromatic rings. The second kappa shape index (κ2) is 4.96. The van der Waals surface area contributed by atoms with Crippen LogP contribution in [0.3, 0.4) is 0 Å². The molecule has 78 valence electrons. The predicted octanol–water partition coefficient (Wildman–Crippen LogP) is 3.86. The first kappa shape index (κ1) is 12.9. The van der Waals surface area contributed by atoms with E-state index in [2.05, 4.69) is 50.7 Å². The molecule has 0 nitrogen and oxygen atoms in total. The fourth-order valence-corrected chi connectivity index (χ4v) is 1.71. The minimum atomic E-state index is -0.647. The molecule has 13 heavy (non-hydrogen) atoms. The molecule has 0 aromatic carbocycles. The molecule has 0 saturated heterocycles. The third-order valence-corrected chi connectivity index (χ3v) is 2.96. The van der Waals surface area contributed by atoms with Crippen molar-refractivity contribution in [2.24, 2.45) is 5.41 Å². The fraction of sp³-hybridized carbons (Fsp3) is 0.833. The van der Waals surface area contributed by atoms with Gasteiger partial charge in [-0.25, -0.2) is 0 Å². The van der Waals surface area contributed by atoms with Crippen molar-refractivity contribution in [3.05, 3.63) is 0 Å². The lowest BCUT2D eigenvalue weighted by atomic mass is 9.84. The zero-order valence-electron chi connectivity index (χ0n) is 10.0. The minimum Gasteiger partial charge on any atom is -0.186 e. The van der Waals surface area contributed by atoms with E-state index in [0.29, 0.717) is 0 Å². The van der Waals surface area contributed by atoms with Crippen molar-refractivity contribution in [2.45, 2.75) is 40.0 Å². The van der Waals surface area contributed by atoms with E-state index < -0.39 is 10.0 Å². The maximum absolute atomic E-state index is 3.47. The fourth-order valence-electron chi connectivity index (χ4n) is 1.16. The largest absolute Gasteiger partial charge is 0.186 e. The second-order valence-electron chi connectivity index (χ2n) is 4.73. The van der Waals surface area contributed by atoms with Crippen LogP contribution >= 0.6 is 10.0 Å². The molecule has 0 N–H and O–H groups in total. The van der Waals surface area contributed by atoms with Crippen LogP contribution in [0.25, 0.3) is 0 Å². The predicted molar refractivity (Wildman–Crippen MR) is 66.4 cm³/mol. The summed E-state index contributed by atoms with van der Waals surface area (Å²) in [4.78, 5) is 0. The van der Waals surface area contributed by atoms with Gasteiger partial charge in [0, 0.05) is 5.41 Å². The van der Waals surface area contributed by atoms with Gasteiger partial charge in [0.15, 0.2) is 0 Å². The van der Waals surface area contributed by atoms with Crippen molar-refractivity contribution in [1.82, 2.24) is 0 Å². The molecular formula is C12H24S. The smallest absolute Gasteiger partial charge is 0.0292 e. The van der Waals surface area contributed by atoms with Gasteiger partial charge in [-0.1, -0.05) is 31.4 Å². The van der Waals surface area contributed by atoms with Crippen molar-refractivity contribution in [3.8, 4) is 11.2 Å². The lowest BCUT2D eigenvalue weighted by Gasteiger charge is -2.23. The van der Waals surface area contributed by atoms with E-state index >= 15 is 0 Å². The molecular weight excluding hydrogens is 176 g/mol. The molecule has 0 heterocycles. The van der Waals surface area contributed by atoms with Gasteiger partial charge in [0.2, 0.25) is 0 Å². The van der Waals surface area contributed by atoms with Gasteiger partial charge in [0.1, 0.15) is 0 Å². The van der Waals surface area contributed by atoms with E-state index in [0.717, 1.165) is 0 Å². The molecule has 0 bridgehead atoms. The Kier molecular flexibility index (Phi) is 4.92. The Bertz CT molecular complexity index is 201. The summed E-state index contributed by atoms with van der Waals surface area (Å²) in [5.74, 6) is 3.47. The number of hydrogen-bond donors (Lipinski definition) is 0. The van der Waals surface area contributed by atoms with Gasteiger partial charge in [-0.3, -0.25) is 0 Å². The zero-order chi connectivity index (χ0) is 10.5. The quantitative estimate of drug-likeness (QED) is 0.607. The van der Waals surface area contributed by atoms with E-state index in [1.165, 1.54) is 19.3 Å². The average molecular weight is 200 g/mol. The monoisotopic (exact) mass is 200 g/mol. The van der Waals surface area contributed by atoms with Crippen LogP contribution in [0, 0.1) is 16.6 Å². The van der Waals surface area contributed by atoms with E-state index in [4.69, 9.17) is 0 Å². The van der Waals surface area contributed by atoms with Gasteiger partial charge in [-0.05, 0) is 38.5 Å². The molecule has 0 amide bonds. The summed E-state index contributed by atoms with van der Waals surface area (Å²) in [5.41, 5.74) is 0.259. The van der Waals surface area contributed by atoms with Gasteiger partial charge in [0.05, 0.1) is 0 Å². The Morgan fingerprint density at radius 2 is 1.69 bits per heavy atom. The molecule has 1 atom stereocenters. The minimum absolute atomic E-state index is 0.259. The molecule has 0 spiro atoms. The van der Waals surface area contributed by atoms with Crippen LogP contribution in [-0.4, -0.2) is 18.8 Å². The van der Waals surface area contributed by atoms with Crippen molar-refractivity contribution in [3.63, 3.8) is 0 Å². The van der Waals surface area contributed by atoms with Gasteiger partial charge in [0.25, 0.3) is 0 Å². The zero-order valence-corrected chi connectivity index (χ0v) is 10.8. The lowest BCUT2D eigenvalue weighted by Crippen LogP contribution is -2.11. The molecule has 1 unspecified atom stereocenters. The maximum Gasteiger partial charge on any atom is 0.0292 e. The highest BCUT2D eigenvalue weighted by molar-refractivity contribution is 8.35. The first-order valence-corrected chi connectivity index (χ1v) is 7.91. The lowest BCUT2D eigenvalue weighted by molar-refractivity contribution is 0.391. The van der Waals surface area contributed by atoms with E-state index in [1.54, 1.807) is 0 Å². The highest BCUT2D eigenvalue weighted by Crippen LogP contribution is 2.34. The molecule has 0 aliphatic heterocycles. The Labute approximate surface area is 85.8 Å². The van der Waals surface area contributed by atoms with Crippen molar-refractivity contribution < 1.29 is 0 Å². The van der Waals surface area contributed by atoms with Crippen molar-refractivity contribution in [2.75, 3.05) is 18.8 Å². The van der Waals surface area contributed by atoms with Gasteiger partial charge in [-0.15, -0.1) is 0 Å². The first-order chi connectivity index (χ1) is 5.83. The summed E-state index contributed by atoms with van der Waals surface area (Å²) in [6, 6.07) is 0. The normalized spacial score (nSPS) is 17.1. The first-order valence-electron chi connectivity index (χ1n) is 5.05. The van der Waals surface area contributed by atoms with Crippen LogP contribution in [0.4, 0.5) is 0 Å². The van der Waals surface area contributed by atoms with Crippen molar-refractivity contribution >= 4 is 10.0 Å². The summed E-state index contributed by atoms with van der Waals surface area (Å²) in [7, 11) is -0.647. The van der Waals surface area contributed by atoms with Crippen LogP contribution in [-0.2, 0) is 0 Å². The summed E-state index contributed by atoms with van der Waals surface area (Å²) in [6.07, 6.45) is 10.4. The SMILES string of the molecule is CCCC(C)(C#CS(C)(C)C)CC. The molecule has 0 aromatic heterocycles. The Balaban J connectivity index is 4.48. The standard InChI is InChI=1S/C12H24S/c1-7-9-12(3,8-2)10-11-13(4,5)6/h7-9H2,1-6H3. The molecule has 0 fully saturated rings. The highest BCUT2D eigenvalue weighted by Gasteiger charge is 2.17.